The first kappa shape index (κ1) is 19.6. The Morgan fingerprint density at radius 1 is 1.37 bits per heavy atom. The fraction of sp³-hybridized carbons (Fsp3) is 0.600. The lowest BCUT2D eigenvalue weighted by Crippen LogP contribution is -2.54. The number of likely N-dealkylation sites (N-methyl/N-ethyl adjacent to an activating group) is 1. The molecule has 3 rings (SSSR count). The fourth-order valence-corrected chi connectivity index (χ4v) is 3.65. The molecule has 0 bridgehead atoms. The van der Waals surface area contributed by atoms with Crippen LogP contribution >= 0.6 is 0 Å². The Hall–Kier alpha value is -2.12. The van der Waals surface area contributed by atoms with Crippen molar-refractivity contribution in [3.05, 3.63) is 29.8 Å². The molecule has 0 radical (unpaired) electrons. The highest BCUT2D eigenvalue weighted by Gasteiger charge is 2.44. The molecule has 0 aromatic heterocycles. The first-order chi connectivity index (χ1) is 12.9. The van der Waals surface area contributed by atoms with Gasteiger partial charge in [-0.3, -0.25) is 14.5 Å². The van der Waals surface area contributed by atoms with Crippen molar-refractivity contribution >= 4 is 11.8 Å². The molecular weight excluding hydrogens is 346 g/mol. The molecule has 2 aliphatic heterocycles. The third-order valence-corrected chi connectivity index (χ3v) is 5.30. The van der Waals surface area contributed by atoms with E-state index in [1.807, 2.05) is 38.1 Å². The van der Waals surface area contributed by atoms with Crippen LogP contribution in [-0.4, -0.2) is 62.2 Å². The number of likely N-dealkylation sites (tertiary alicyclic amines) is 1. The number of ether oxygens (including phenoxy) is 2. The van der Waals surface area contributed by atoms with Crippen molar-refractivity contribution in [1.29, 1.82) is 0 Å². The highest BCUT2D eigenvalue weighted by Crippen LogP contribution is 2.28. The quantitative estimate of drug-likeness (QED) is 0.741. The summed E-state index contributed by atoms with van der Waals surface area (Å²) >= 11 is 0. The summed E-state index contributed by atoms with van der Waals surface area (Å²) in [7, 11) is 1.64. The molecule has 0 unspecified atom stereocenters. The van der Waals surface area contributed by atoms with E-state index in [0.29, 0.717) is 39.3 Å². The Morgan fingerprint density at radius 2 is 2.15 bits per heavy atom. The summed E-state index contributed by atoms with van der Waals surface area (Å²) in [5, 5.41) is 6.04. The van der Waals surface area contributed by atoms with E-state index in [9.17, 15) is 9.59 Å². The molecule has 148 valence electrons. The average Bonchev–Trinajstić information content (AvgIpc) is 3.02. The van der Waals surface area contributed by atoms with Crippen LogP contribution in [0.2, 0.25) is 0 Å². The van der Waals surface area contributed by atoms with Crippen molar-refractivity contribution in [2.45, 2.75) is 38.9 Å². The number of hydrogen-bond donors (Lipinski definition) is 2. The average molecular weight is 375 g/mol. The van der Waals surface area contributed by atoms with Gasteiger partial charge in [0.15, 0.2) is 0 Å². The molecular formula is C20H29N3O4. The van der Waals surface area contributed by atoms with E-state index in [1.165, 1.54) is 0 Å². The first-order valence-corrected chi connectivity index (χ1v) is 9.48. The second kappa shape index (κ2) is 8.27. The second-order valence-corrected chi connectivity index (χ2v) is 7.65. The molecule has 2 N–H and O–H groups in total. The fourth-order valence-electron chi connectivity index (χ4n) is 3.65. The predicted octanol–water partition coefficient (Wildman–Crippen LogP) is 0.927. The number of rotatable bonds is 7. The highest BCUT2D eigenvalue weighted by molar-refractivity contribution is 5.85. The molecule has 0 spiro atoms. The van der Waals surface area contributed by atoms with E-state index >= 15 is 0 Å². The van der Waals surface area contributed by atoms with Gasteiger partial charge in [0.2, 0.25) is 11.8 Å². The minimum Gasteiger partial charge on any atom is -0.497 e. The summed E-state index contributed by atoms with van der Waals surface area (Å²) in [6.45, 7) is 6.60. The van der Waals surface area contributed by atoms with E-state index < -0.39 is 5.41 Å². The third-order valence-electron chi connectivity index (χ3n) is 5.30. The van der Waals surface area contributed by atoms with E-state index in [2.05, 4.69) is 15.5 Å². The van der Waals surface area contributed by atoms with Gasteiger partial charge in [-0.1, -0.05) is 12.1 Å². The van der Waals surface area contributed by atoms with Gasteiger partial charge in [-0.25, -0.2) is 0 Å². The van der Waals surface area contributed by atoms with E-state index in [1.54, 1.807) is 7.11 Å². The number of nitrogens with one attached hydrogen (secondary N) is 2. The van der Waals surface area contributed by atoms with Gasteiger partial charge >= 0.3 is 0 Å². The molecule has 1 aromatic carbocycles. The Morgan fingerprint density at radius 3 is 2.78 bits per heavy atom. The van der Waals surface area contributed by atoms with Crippen LogP contribution in [0, 0.1) is 5.41 Å². The van der Waals surface area contributed by atoms with Crippen molar-refractivity contribution in [2.24, 2.45) is 5.41 Å². The maximum Gasteiger partial charge on any atom is 0.237 e. The predicted molar refractivity (Wildman–Crippen MR) is 101 cm³/mol. The number of methoxy groups -OCH3 is 1. The van der Waals surface area contributed by atoms with E-state index in [-0.39, 0.29) is 23.9 Å². The standard InChI is InChI=1S/C20H29N3O4/c1-4-21-18(24)17-9-15(22-19(25)20(2)12-27-13-20)11-23(17)10-14-6-5-7-16(8-14)26-3/h5-8,15,17H,4,9-13H2,1-3H3,(H,21,24)(H,22,25)/t15-,17+/m1/s1. The summed E-state index contributed by atoms with van der Waals surface area (Å²) in [4.78, 5) is 27.2. The van der Waals surface area contributed by atoms with Crippen molar-refractivity contribution in [3.8, 4) is 5.75 Å². The normalized spacial score (nSPS) is 24.1. The smallest absolute Gasteiger partial charge is 0.237 e. The number of amides is 2. The Bertz CT molecular complexity index is 690. The second-order valence-electron chi connectivity index (χ2n) is 7.65. The topological polar surface area (TPSA) is 79.9 Å². The zero-order valence-electron chi connectivity index (χ0n) is 16.3. The summed E-state index contributed by atoms with van der Waals surface area (Å²) in [6.07, 6.45) is 0.610. The third kappa shape index (κ3) is 4.42. The minimum atomic E-state index is -0.443. The van der Waals surface area contributed by atoms with Crippen molar-refractivity contribution < 1.29 is 19.1 Å². The van der Waals surface area contributed by atoms with Crippen LogP contribution in [0.15, 0.2) is 24.3 Å². The van der Waals surface area contributed by atoms with Crippen LogP contribution in [0.1, 0.15) is 25.8 Å². The number of hydrogen-bond acceptors (Lipinski definition) is 5. The van der Waals surface area contributed by atoms with Crippen molar-refractivity contribution in [3.63, 3.8) is 0 Å². The van der Waals surface area contributed by atoms with Crippen LogP contribution < -0.4 is 15.4 Å². The van der Waals surface area contributed by atoms with Crippen LogP contribution in [0.3, 0.4) is 0 Å². The molecule has 7 nitrogen and oxygen atoms in total. The summed E-state index contributed by atoms with van der Waals surface area (Å²) in [5.74, 6) is 0.816. The molecule has 27 heavy (non-hydrogen) atoms. The maximum atomic E-state index is 12.6. The molecule has 2 heterocycles. The molecule has 0 saturated carbocycles. The van der Waals surface area contributed by atoms with Crippen LogP contribution in [0.4, 0.5) is 0 Å². The molecule has 2 saturated heterocycles. The molecule has 7 heteroatoms. The molecule has 2 fully saturated rings. The number of carbonyl (C=O) groups excluding carboxylic acids is 2. The van der Waals surface area contributed by atoms with Gasteiger partial charge in [-0.2, -0.15) is 0 Å². The van der Waals surface area contributed by atoms with E-state index in [0.717, 1.165) is 11.3 Å². The SMILES string of the molecule is CCNC(=O)[C@@H]1C[C@@H](NC(=O)C2(C)COC2)CN1Cc1cccc(OC)c1. The Balaban J connectivity index is 1.69. The molecule has 1 aromatic rings. The van der Waals surface area contributed by atoms with Gasteiger partial charge in [0.25, 0.3) is 0 Å². The zero-order valence-corrected chi connectivity index (χ0v) is 16.3. The Labute approximate surface area is 160 Å². The number of carbonyl (C=O) groups is 2. The Kier molecular flexibility index (Phi) is 6.01. The van der Waals surface area contributed by atoms with Crippen LogP contribution in [0.25, 0.3) is 0 Å². The number of nitrogens with zero attached hydrogens (tertiary/aromatic N) is 1. The number of benzene rings is 1. The lowest BCUT2D eigenvalue weighted by atomic mass is 9.87. The minimum absolute atomic E-state index is 0.00957. The largest absolute Gasteiger partial charge is 0.497 e. The van der Waals surface area contributed by atoms with Gasteiger partial charge in [-0.05, 0) is 38.0 Å². The lowest BCUT2D eigenvalue weighted by Gasteiger charge is -2.37. The lowest BCUT2D eigenvalue weighted by molar-refractivity contribution is -0.158. The zero-order chi connectivity index (χ0) is 19.4. The molecule has 2 atom stereocenters. The van der Waals surface area contributed by atoms with Gasteiger partial charge in [0.05, 0.1) is 31.8 Å². The highest BCUT2D eigenvalue weighted by atomic mass is 16.5. The van der Waals surface area contributed by atoms with Crippen molar-refractivity contribution in [2.75, 3.05) is 33.4 Å². The van der Waals surface area contributed by atoms with Gasteiger partial charge in [-0.15, -0.1) is 0 Å². The summed E-state index contributed by atoms with van der Waals surface area (Å²) in [6, 6.07) is 7.55. The molecule has 0 aliphatic carbocycles. The van der Waals surface area contributed by atoms with Gasteiger partial charge in [0, 0.05) is 25.7 Å². The molecule has 2 aliphatic rings. The van der Waals surface area contributed by atoms with Crippen molar-refractivity contribution in [1.82, 2.24) is 15.5 Å². The van der Waals surface area contributed by atoms with Gasteiger partial charge in [0.1, 0.15) is 5.75 Å². The van der Waals surface area contributed by atoms with E-state index in [4.69, 9.17) is 9.47 Å². The summed E-state index contributed by atoms with van der Waals surface area (Å²) < 4.78 is 10.5. The van der Waals surface area contributed by atoms with Gasteiger partial charge < -0.3 is 20.1 Å². The monoisotopic (exact) mass is 375 g/mol. The van der Waals surface area contributed by atoms with Crippen LogP contribution in [0.5, 0.6) is 5.75 Å². The first-order valence-electron chi connectivity index (χ1n) is 9.48. The molecule has 2 amide bonds. The maximum absolute atomic E-state index is 12.6. The van der Waals surface area contributed by atoms with Crippen LogP contribution in [-0.2, 0) is 20.9 Å². The summed E-state index contributed by atoms with van der Waals surface area (Å²) in [5.41, 5.74) is 0.636.